The molecule has 11 heteroatoms. The van der Waals surface area contributed by atoms with Crippen molar-refractivity contribution in [2.75, 3.05) is 7.11 Å². The molecular formula is C19H19BrF3N2O5-. The minimum absolute atomic E-state index is 0.161. The zero-order valence-electron chi connectivity index (χ0n) is 16.1. The summed E-state index contributed by atoms with van der Waals surface area (Å²) in [5.74, 6) is -2.21. The molecule has 1 unspecified atom stereocenters. The van der Waals surface area contributed by atoms with E-state index in [1.165, 1.54) is 19.2 Å². The molecule has 1 aromatic carbocycles. The van der Waals surface area contributed by atoms with Gasteiger partial charge in [-0.3, -0.25) is 4.68 Å². The molecule has 0 bridgehead atoms. The topological polar surface area (TPSA) is 96.6 Å². The average Bonchev–Trinajstić information content (AvgIpc) is 2.99. The first-order valence-corrected chi connectivity index (χ1v) is 9.56. The van der Waals surface area contributed by atoms with E-state index in [4.69, 9.17) is 9.47 Å². The number of nitrogens with zero attached hydrogens (tertiary/aromatic N) is 2. The summed E-state index contributed by atoms with van der Waals surface area (Å²) in [6.45, 7) is 1.13. The van der Waals surface area contributed by atoms with Gasteiger partial charge in [-0.1, -0.05) is 31.2 Å². The van der Waals surface area contributed by atoms with Crippen LogP contribution in [0, 0.1) is 0 Å². The molecule has 0 aliphatic rings. The Morgan fingerprint density at radius 1 is 1.40 bits per heavy atom. The maximum Gasteiger partial charge on any atom is 0.424 e. The molecule has 0 saturated heterocycles. The molecule has 2 rings (SSSR count). The van der Waals surface area contributed by atoms with E-state index in [-0.39, 0.29) is 27.8 Å². The van der Waals surface area contributed by atoms with Gasteiger partial charge in [0.25, 0.3) is 0 Å². The van der Waals surface area contributed by atoms with Gasteiger partial charge in [0.2, 0.25) is 5.88 Å². The van der Waals surface area contributed by atoms with Gasteiger partial charge in [-0.2, -0.15) is 13.2 Å². The highest BCUT2D eigenvalue weighted by Gasteiger charge is 2.41. The van der Waals surface area contributed by atoms with Gasteiger partial charge < -0.3 is 24.5 Å². The van der Waals surface area contributed by atoms with Gasteiger partial charge in [0, 0.05) is 5.57 Å². The van der Waals surface area contributed by atoms with E-state index in [2.05, 4.69) is 21.0 Å². The Kier molecular flexibility index (Phi) is 7.90. The summed E-state index contributed by atoms with van der Waals surface area (Å²) in [4.78, 5) is 11.4. The Bertz CT molecular complexity index is 927. The lowest BCUT2D eigenvalue weighted by atomic mass is 10.0. The number of aromatic nitrogens is 2. The van der Waals surface area contributed by atoms with Crippen molar-refractivity contribution in [3.05, 3.63) is 51.8 Å². The van der Waals surface area contributed by atoms with E-state index in [0.717, 1.165) is 10.9 Å². The lowest BCUT2D eigenvalue weighted by Gasteiger charge is -2.14. The molecule has 2 aromatic rings. The fourth-order valence-corrected chi connectivity index (χ4v) is 3.22. The van der Waals surface area contributed by atoms with E-state index in [9.17, 15) is 28.2 Å². The minimum atomic E-state index is -4.77. The second-order valence-electron chi connectivity index (χ2n) is 6.21. The van der Waals surface area contributed by atoms with E-state index in [1.807, 2.05) is 0 Å². The number of halogens is 4. The summed E-state index contributed by atoms with van der Waals surface area (Å²) in [6.07, 6.45) is -4.36. The van der Waals surface area contributed by atoms with Gasteiger partial charge >= 0.3 is 6.18 Å². The third kappa shape index (κ3) is 5.54. The van der Waals surface area contributed by atoms with Gasteiger partial charge in [-0.05, 0) is 33.5 Å². The summed E-state index contributed by atoms with van der Waals surface area (Å²) >= 11 is 2.88. The van der Waals surface area contributed by atoms with Crippen LogP contribution in [0.15, 0.2) is 35.1 Å². The molecule has 30 heavy (non-hydrogen) atoms. The third-order valence-corrected chi connectivity index (χ3v) is 4.93. The molecule has 7 nitrogen and oxygen atoms in total. The Balaban J connectivity index is 2.40. The van der Waals surface area contributed by atoms with Gasteiger partial charge in [0.15, 0.2) is 5.56 Å². The molecule has 0 aliphatic heterocycles. The van der Waals surface area contributed by atoms with Gasteiger partial charge in [-0.25, -0.2) is 0 Å². The van der Waals surface area contributed by atoms with Crippen LogP contribution in [-0.4, -0.2) is 34.1 Å². The standard InChI is InChI=1S/C19H20BrF3N2O5/c1-3-12(26)8-25-16(20)15(19(21,22)23)17(24-25)30-9-11-6-4-5-7-13(11)14(10-29-2)18(27)28/h4-7,10,12,26H,3,8-9H2,1-2H3,(H,27,28)/p-1/b14-10+. The first kappa shape index (κ1) is 23.7. The first-order valence-electron chi connectivity index (χ1n) is 8.77. The number of methoxy groups -OCH3 is 1. The number of ether oxygens (including phenoxy) is 2. The Morgan fingerprint density at radius 2 is 2.07 bits per heavy atom. The van der Waals surface area contributed by atoms with Crippen molar-refractivity contribution in [3.63, 3.8) is 0 Å². The zero-order chi connectivity index (χ0) is 22.5. The number of rotatable bonds is 9. The number of carbonyl (C=O) groups is 1. The molecule has 0 amide bonds. The van der Waals surface area contributed by atoms with Crippen LogP contribution in [-0.2, 0) is 28.9 Å². The summed E-state index contributed by atoms with van der Waals surface area (Å²) in [5.41, 5.74) is -0.952. The number of hydrogen-bond acceptors (Lipinski definition) is 6. The van der Waals surface area contributed by atoms with Crippen LogP contribution in [0.2, 0.25) is 0 Å². The lowest BCUT2D eigenvalue weighted by Crippen LogP contribution is -2.24. The summed E-state index contributed by atoms with van der Waals surface area (Å²) in [5, 5.41) is 25.0. The van der Waals surface area contributed by atoms with Gasteiger partial charge in [-0.15, -0.1) is 5.10 Å². The predicted octanol–water partition coefficient (Wildman–Crippen LogP) is 2.75. The number of aliphatic carboxylic acids is 1. The monoisotopic (exact) mass is 491 g/mol. The number of aliphatic hydroxyl groups excluding tert-OH is 1. The van der Waals surface area contributed by atoms with Crippen LogP contribution >= 0.6 is 15.9 Å². The van der Waals surface area contributed by atoms with Crippen molar-refractivity contribution < 1.29 is 37.7 Å². The Morgan fingerprint density at radius 3 is 2.63 bits per heavy atom. The summed E-state index contributed by atoms with van der Waals surface area (Å²) in [7, 11) is 1.26. The molecule has 0 saturated carbocycles. The van der Waals surface area contributed by atoms with E-state index in [0.29, 0.717) is 6.42 Å². The van der Waals surface area contributed by atoms with Crippen LogP contribution < -0.4 is 9.84 Å². The quantitative estimate of drug-likeness (QED) is 0.427. The van der Waals surface area contributed by atoms with Crippen molar-refractivity contribution in [2.45, 2.75) is 38.8 Å². The van der Waals surface area contributed by atoms with E-state index < -0.39 is 36.3 Å². The largest absolute Gasteiger partial charge is 0.545 e. The highest BCUT2D eigenvalue weighted by molar-refractivity contribution is 9.10. The van der Waals surface area contributed by atoms with Gasteiger partial charge in [0.05, 0.1) is 32.0 Å². The predicted molar refractivity (Wildman–Crippen MR) is 102 cm³/mol. The normalized spacial score (nSPS) is 13.2. The molecule has 1 N–H and O–H groups in total. The summed E-state index contributed by atoms with van der Waals surface area (Å²) < 4.78 is 51.3. The molecule has 0 radical (unpaired) electrons. The first-order chi connectivity index (χ1) is 14.1. The Hall–Kier alpha value is -2.53. The van der Waals surface area contributed by atoms with Crippen LogP contribution in [0.5, 0.6) is 5.88 Å². The second kappa shape index (κ2) is 9.98. The number of alkyl halides is 3. The lowest BCUT2D eigenvalue weighted by molar-refractivity contribution is -0.295. The van der Waals surface area contributed by atoms with Crippen LogP contribution in [0.4, 0.5) is 13.2 Å². The highest BCUT2D eigenvalue weighted by atomic mass is 79.9. The van der Waals surface area contributed by atoms with Gasteiger partial charge in [0.1, 0.15) is 11.2 Å². The minimum Gasteiger partial charge on any atom is -0.545 e. The fraction of sp³-hybridized carbons (Fsp3) is 0.368. The van der Waals surface area contributed by atoms with Crippen molar-refractivity contribution in [2.24, 2.45) is 0 Å². The highest BCUT2D eigenvalue weighted by Crippen LogP contribution is 2.41. The van der Waals surface area contributed by atoms with Crippen LogP contribution in [0.3, 0.4) is 0 Å². The molecule has 0 fully saturated rings. The number of aliphatic hydroxyl groups is 1. The smallest absolute Gasteiger partial charge is 0.424 e. The molecule has 0 spiro atoms. The van der Waals surface area contributed by atoms with Crippen molar-refractivity contribution in [3.8, 4) is 5.88 Å². The summed E-state index contributed by atoms with van der Waals surface area (Å²) in [6, 6.07) is 6.10. The molecular weight excluding hydrogens is 473 g/mol. The van der Waals surface area contributed by atoms with E-state index in [1.54, 1.807) is 19.1 Å². The van der Waals surface area contributed by atoms with Crippen molar-refractivity contribution in [1.29, 1.82) is 0 Å². The number of benzene rings is 1. The number of hydrogen-bond donors (Lipinski definition) is 1. The Labute approximate surface area is 178 Å². The maximum absolute atomic E-state index is 13.5. The fourth-order valence-electron chi connectivity index (χ4n) is 2.60. The third-order valence-electron chi connectivity index (χ3n) is 4.12. The van der Waals surface area contributed by atoms with Crippen LogP contribution in [0.25, 0.3) is 5.57 Å². The van der Waals surface area contributed by atoms with E-state index >= 15 is 0 Å². The second-order valence-corrected chi connectivity index (χ2v) is 6.96. The SMILES string of the molecule is CCC(O)Cn1nc(OCc2ccccc2/C(=C\OC)C(=O)[O-])c(C(F)(F)F)c1Br. The molecule has 1 atom stereocenters. The molecule has 0 aliphatic carbocycles. The average molecular weight is 492 g/mol. The molecule has 164 valence electrons. The van der Waals surface area contributed by atoms with Crippen molar-refractivity contribution in [1.82, 2.24) is 9.78 Å². The number of carboxylic acid groups (broad SMARTS) is 1. The number of carbonyl (C=O) groups excluding carboxylic acids is 1. The zero-order valence-corrected chi connectivity index (χ0v) is 17.7. The van der Waals surface area contributed by atoms with Crippen LogP contribution in [0.1, 0.15) is 30.0 Å². The van der Waals surface area contributed by atoms with Crippen molar-refractivity contribution >= 4 is 27.5 Å². The molecule has 1 aromatic heterocycles. The number of carboxylic acids is 1. The molecule has 1 heterocycles. The maximum atomic E-state index is 13.5.